The molecular weight excluding hydrogens is 322 g/mol. The molecular formula is C17H21N5O3. The molecule has 1 aromatic heterocycles. The minimum absolute atomic E-state index is 0.00830. The predicted molar refractivity (Wildman–Crippen MR) is 93.1 cm³/mol. The molecule has 0 radical (unpaired) electrons. The third kappa shape index (κ3) is 3.53. The van der Waals surface area contributed by atoms with Crippen molar-refractivity contribution in [3.05, 3.63) is 52.2 Å². The summed E-state index contributed by atoms with van der Waals surface area (Å²) in [6.45, 7) is 0.995. The summed E-state index contributed by atoms with van der Waals surface area (Å²) in [5.74, 6) is 0.641. The van der Waals surface area contributed by atoms with Crippen molar-refractivity contribution in [2.45, 2.75) is 25.4 Å². The molecule has 1 fully saturated rings. The lowest BCUT2D eigenvalue weighted by Gasteiger charge is -2.35. The van der Waals surface area contributed by atoms with Gasteiger partial charge in [0.25, 0.3) is 5.69 Å². The van der Waals surface area contributed by atoms with Gasteiger partial charge in [0.05, 0.1) is 11.0 Å². The molecule has 1 aliphatic heterocycles. The zero-order valence-electron chi connectivity index (χ0n) is 14.3. The van der Waals surface area contributed by atoms with E-state index in [2.05, 4.69) is 5.10 Å². The summed E-state index contributed by atoms with van der Waals surface area (Å²) < 4.78 is 1.67. The van der Waals surface area contributed by atoms with Crippen molar-refractivity contribution in [1.29, 1.82) is 0 Å². The van der Waals surface area contributed by atoms with Crippen molar-refractivity contribution in [1.82, 2.24) is 14.7 Å². The van der Waals surface area contributed by atoms with Crippen LogP contribution in [0, 0.1) is 10.1 Å². The maximum atomic E-state index is 12.9. The number of rotatable bonds is 5. The number of carbonyl (C=O) groups excluding carboxylic acids is 1. The molecule has 132 valence electrons. The smallest absolute Gasteiger partial charge is 0.273 e. The Hall–Kier alpha value is -2.74. The topological polar surface area (TPSA) is 84.5 Å². The molecule has 1 saturated heterocycles. The highest BCUT2D eigenvalue weighted by atomic mass is 16.6. The Kier molecular flexibility index (Phi) is 4.80. The Morgan fingerprint density at radius 1 is 1.36 bits per heavy atom. The van der Waals surface area contributed by atoms with Crippen molar-refractivity contribution in [3.8, 4) is 0 Å². The number of piperidine rings is 1. The number of nitrogens with zero attached hydrogens (tertiary/aromatic N) is 5. The minimum Gasteiger partial charge on any atom is -0.294 e. The van der Waals surface area contributed by atoms with Gasteiger partial charge in [0.2, 0.25) is 5.91 Å². The van der Waals surface area contributed by atoms with Gasteiger partial charge in [-0.1, -0.05) is 18.2 Å². The summed E-state index contributed by atoms with van der Waals surface area (Å²) in [6, 6.07) is 8.16. The van der Waals surface area contributed by atoms with E-state index in [0.29, 0.717) is 24.5 Å². The third-order valence-electron chi connectivity index (χ3n) is 4.53. The number of likely N-dealkylation sites (N-methyl/N-ethyl adjacent to an activating group) is 1. The van der Waals surface area contributed by atoms with Crippen LogP contribution in [0.3, 0.4) is 0 Å². The van der Waals surface area contributed by atoms with E-state index in [0.717, 1.165) is 12.8 Å². The van der Waals surface area contributed by atoms with Crippen molar-refractivity contribution in [3.63, 3.8) is 0 Å². The highest BCUT2D eigenvalue weighted by molar-refractivity contribution is 5.97. The lowest BCUT2D eigenvalue weighted by Crippen LogP contribution is -2.51. The van der Waals surface area contributed by atoms with Crippen LogP contribution in [0.5, 0.6) is 0 Å². The number of aryl methyl sites for hydroxylation is 1. The highest BCUT2D eigenvalue weighted by Gasteiger charge is 2.33. The van der Waals surface area contributed by atoms with Crippen LogP contribution in [-0.4, -0.2) is 45.1 Å². The molecule has 2 aromatic rings. The first-order valence-corrected chi connectivity index (χ1v) is 8.21. The first-order valence-electron chi connectivity index (χ1n) is 8.21. The average Bonchev–Trinajstić information content (AvgIpc) is 3.01. The van der Waals surface area contributed by atoms with Gasteiger partial charge >= 0.3 is 0 Å². The normalized spacial score (nSPS) is 18.0. The summed E-state index contributed by atoms with van der Waals surface area (Å²) in [5.41, 5.74) is 0.692. The average molecular weight is 343 g/mol. The molecule has 25 heavy (non-hydrogen) atoms. The van der Waals surface area contributed by atoms with Gasteiger partial charge in [0.15, 0.2) is 5.82 Å². The number of nitro benzene ring substituents is 1. The lowest BCUT2D eigenvalue weighted by molar-refractivity contribution is -0.385. The number of hydrogen-bond acceptors (Lipinski definition) is 5. The second-order valence-corrected chi connectivity index (χ2v) is 6.30. The fourth-order valence-electron chi connectivity index (χ4n) is 3.24. The molecule has 1 aliphatic rings. The fraction of sp³-hybridized carbons (Fsp3) is 0.412. The molecule has 1 amide bonds. The third-order valence-corrected chi connectivity index (χ3v) is 4.53. The maximum absolute atomic E-state index is 12.9. The molecule has 3 rings (SSSR count). The van der Waals surface area contributed by atoms with Crippen molar-refractivity contribution in [2.24, 2.45) is 7.05 Å². The van der Waals surface area contributed by atoms with Crippen LogP contribution in [0.15, 0.2) is 36.5 Å². The predicted octanol–water partition coefficient (Wildman–Crippen LogP) is 1.96. The zero-order chi connectivity index (χ0) is 18.0. The monoisotopic (exact) mass is 343 g/mol. The van der Waals surface area contributed by atoms with Crippen LogP contribution < -0.4 is 4.90 Å². The van der Waals surface area contributed by atoms with Crippen LogP contribution >= 0.6 is 0 Å². The summed E-state index contributed by atoms with van der Waals surface area (Å²) in [5, 5.41) is 15.5. The van der Waals surface area contributed by atoms with Crippen LogP contribution in [0.2, 0.25) is 0 Å². The Labute approximate surface area is 145 Å². The largest absolute Gasteiger partial charge is 0.294 e. The van der Waals surface area contributed by atoms with E-state index >= 15 is 0 Å². The van der Waals surface area contributed by atoms with Crippen molar-refractivity contribution >= 4 is 17.4 Å². The van der Waals surface area contributed by atoms with Crippen LogP contribution in [0.25, 0.3) is 0 Å². The van der Waals surface area contributed by atoms with E-state index in [1.165, 1.54) is 6.07 Å². The Morgan fingerprint density at radius 3 is 2.80 bits per heavy atom. The number of para-hydroxylation sites is 1. The number of nitro groups is 1. The Bertz CT molecular complexity index is 788. The van der Waals surface area contributed by atoms with Gasteiger partial charge in [0.1, 0.15) is 0 Å². The number of amides is 1. The maximum Gasteiger partial charge on any atom is 0.273 e. The van der Waals surface area contributed by atoms with E-state index in [1.54, 1.807) is 27.8 Å². The standard InChI is InChI=1S/C17H21N5O3/c1-19(12-13-6-3-4-7-14(13)22(24)25)15-8-5-10-21(17(15)23)16-9-11-20(2)18-16/h3-4,6-7,9,11,15H,5,8,10,12H2,1-2H3. The van der Waals surface area contributed by atoms with E-state index in [1.807, 2.05) is 31.3 Å². The summed E-state index contributed by atoms with van der Waals surface area (Å²) >= 11 is 0. The fourth-order valence-corrected chi connectivity index (χ4v) is 3.24. The molecule has 1 aromatic carbocycles. The van der Waals surface area contributed by atoms with Crippen molar-refractivity contribution in [2.75, 3.05) is 18.5 Å². The SMILES string of the molecule is CN(Cc1ccccc1[N+](=O)[O-])C1CCCN(c2ccn(C)n2)C1=O. The van der Waals surface area contributed by atoms with Crippen LogP contribution in [0.1, 0.15) is 18.4 Å². The van der Waals surface area contributed by atoms with E-state index in [9.17, 15) is 14.9 Å². The van der Waals surface area contributed by atoms with Crippen molar-refractivity contribution < 1.29 is 9.72 Å². The Balaban J connectivity index is 1.77. The molecule has 8 heteroatoms. The molecule has 1 atom stereocenters. The number of anilines is 1. The van der Waals surface area contributed by atoms with E-state index in [4.69, 9.17) is 0 Å². The second-order valence-electron chi connectivity index (χ2n) is 6.30. The molecule has 2 heterocycles. The van der Waals surface area contributed by atoms with Gasteiger partial charge < -0.3 is 0 Å². The quantitative estimate of drug-likeness (QED) is 0.612. The number of benzene rings is 1. The van der Waals surface area contributed by atoms with Gasteiger partial charge in [-0.15, -0.1) is 0 Å². The van der Waals surface area contributed by atoms with E-state index < -0.39 is 0 Å². The number of carbonyl (C=O) groups is 1. The highest BCUT2D eigenvalue weighted by Crippen LogP contribution is 2.25. The first-order chi connectivity index (χ1) is 12.0. The van der Waals surface area contributed by atoms with Gasteiger partial charge in [-0.3, -0.25) is 29.4 Å². The summed E-state index contributed by atoms with van der Waals surface area (Å²) in [4.78, 5) is 27.3. The zero-order valence-corrected chi connectivity index (χ0v) is 14.3. The molecule has 0 saturated carbocycles. The molecule has 0 spiro atoms. The number of aromatic nitrogens is 2. The molecule has 1 unspecified atom stereocenters. The van der Waals surface area contributed by atoms with Gasteiger partial charge in [0, 0.05) is 44.0 Å². The molecule has 0 bridgehead atoms. The van der Waals surface area contributed by atoms with Gasteiger partial charge in [-0.25, -0.2) is 0 Å². The summed E-state index contributed by atoms with van der Waals surface area (Å²) in [6.07, 6.45) is 3.41. The summed E-state index contributed by atoms with van der Waals surface area (Å²) in [7, 11) is 3.65. The second kappa shape index (κ2) is 7.02. The van der Waals surface area contributed by atoms with Crippen LogP contribution in [0.4, 0.5) is 11.5 Å². The van der Waals surface area contributed by atoms with Crippen LogP contribution in [-0.2, 0) is 18.4 Å². The Morgan fingerprint density at radius 2 is 2.12 bits per heavy atom. The first kappa shape index (κ1) is 17.1. The molecule has 0 N–H and O–H groups in total. The lowest BCUT2D eigenvalue weighted by atomic mass is 10.0. The molecule has 8 nitrogen and oxygen atoms in total. The van der Waals surface area contributed by atoms with Gasteiger partial charge in [-0.2, -0.15) is 5.10 Å². The molecule has 0 aliphatic carbocycles. The van der Waals surface area contributed by atoms with Gasteiger partial charge in [-0.05, 0) is 19.9 Å². The minimum atomic E-state index is -0.383. The number of hydrogen-bond donors (Lipinski definition) is 0. The van der Waals surface area contributed by atoms with E-state index in [-0.39, 0.29) is 22.6 Å².